The second-order valence-electron chi connectivity index (χ2n) is 3.70. The fourth-order valence-electron chi connectivity index (χ4n) is 1.67. The smallest absolute Gasteiger partial charge is 0.126 e. The van der Waals surface area contributed by atoms with Crippen LogP contribution < -0.4 is 5.32 Å². The topological polar surface area (TPSA) is 24.9 Å². The van der Waals surface area contributed by atoms with Crippen LogP contribution in [0.4, 0.5) is 5.82 Å². The van der Waals surface area contributed by atoms with E-state index in [2.05, 4.69) is 34.2 Å². The van der Waals surface area contributed by atoms with Gasteiger partial charge in [-0.2, -0.15) is 11.8 Å². The van der Waals surface area contributed by atoms with Crippen LogP contribution in [0.5, 0.6) is 0 Å². The summed E-state index contributed by atoms with van der Waals surface area (Å²) >= 11 is 2.05. The lowest BCUT2D eigenvalue weighted by atomic mass is 10.1. The lowest BCUT2D eigenvalue weighted by Crippen LogP contribution is -2.24. The zero-order valence-electron chi connectivity index (χ0n) is 8.49. The molecule has 2 heterocycles. The molecule has 3 heteroatoms. The number of aryl methyl sites for hydroxylation is 1. The van der Waals surface area contributed by atoms with E-state index in [-0.39, 0.29) is 0 Å². The Bertz CT molecular complexity index is 295. The maximum atomic E-state index is 4.45. The van der Waals surface area contributed by atoms with Crippen molar-refractivity contribution in [3.63, 3.8) is 0 Å². The third kappa shape index (κ3) is 2.64. The Hall–Kier alpha value is -0.700. The van der Waals surface area contributed by atoms with Crippen LogP contribution >= 0.6 is 11.8 Å². The second kappa shape index (κ2) is 4.69. The molecule has 1 aromatic rings. The number of nitrogens with zero attached hydrogens (tertiary/aromatic N) is 1. The molecule has 0 spiro atoms. The van der Waals surface area contributed by atoms with Gasteiger partial charge in [-0.1, -0.05) is 6.07 Å². The van der Waals surface area contributed by atoms with Crippen molar-refractivity contribution in [1.82, 2.24) is 4.98 Å². The third-order valence-corrected chi connectivity index (χ3v) is 3.51. The Labute approximate surface area is 89.5 Å². The predicted molar refractivity (Wildman–Crippen MR) is 62.9 cm³/mol. The molecular formula is C11H16N2S. The quantitative estimate of drug-likeness (QED) is 0.809. The number of aromatic nitrogens is 1. The van der Waals surface area contributed by atoms with Crippen molar-refractivity contribution in [3.05, 3.63) is 23.9 Å². The van der Waals surface area contributed by atoms with Gasteiger partial charge in [0.15, 0.2) is 0 Å². The summed E-state index contributed by atoms with van der Waals surface area (Å²) in [5, 5.41) is 3.50. The molecule has 0 atom stereocenters. The van der Waals surface area contributed by atoms with E-state index in [1.54, 1.807) is 0 Å². The summed E-state index contributed by atoms with van der Waals surface area (Å²) in [7, 11) is 0. The summed E-state index contributed by atoms with van der Waals surface area (Å²) in [6.07, 6.45) is 2.53. The zero-order chi connectivity index (χ0) is 9.80. The van der Waals surface area contributed by atoms with Crippen LogP contribution in [0.3, 0.4) is 0 Å². The monoisotopic (exact) mass is 208 g/mol. The normalized spacial score (nSPS) is 18.1. The van der Waals surface area contributed by atoms with Crippen LogP contribution in [0.1, 0.15) is 18.5 Å². The minimum absolute atomic E-state index is 0.630. The Morgan fingerprint density at radius 3 is 2.86 bits per heavy atom. The van der Waals surface area contributed by atoms with Gasteiger partial charge in [0, 0.05) is 11.7 Å². The zero-order valence-corrected chi connectivity index (χ0v) is 9.31. The molecule has 1 aliphatic rings. The summed E-state index contributed by atoms with van der Waals surface area (Å²) in [6, 6.07) is 6.77. The molecule has 2 rings (SSSR count). The molecule has 1 aliphatic heterocycles. The molecule has 0 unspecified atom stereocenters. The first-order valence-electron chi connectivity index (χ1n) is 5.12. The Morgan fingerprint density at radius 1 is 1.36 bits per heavy atom. The fourth-order valence-corrected chi connectivity index (χ4v) is 2.78. The number of pyridine rings is 1. The maximum absolute atomic E-state index is 4.45. The minimum atomic E-state index is 0.630. The highest BCUT2D eigenvalue weighted by Crippen LogP contribution is 2.19. The molecule has 0 radical (unpaired) electrons. The minimum Gasteiger partial charge on any atom is -0.367 e. The van der Waals surface area contributed by atoms with Gasteiger partial charge in [0.2, 0.25) is 0 Å². The number of hydrogen-bond donors (Lipinski definition) is 1. The molecule has 1 fully saturated rings. The standard InChI is InChI=1S/C11H16N2S/c1-9-3-2-4-11(12-9)13-10-5-7-14-8-6-10/h2-4,10H,5-8H2,1H3,(H,12,13). The van der Waals surface area contributed by atoms with Crippen molar-refractivity contribution in [2.24, 2.45) is 0 Å². The molecule has 1 aromatic heterocycles. The summed E-state index contributed by atoms with van der Waals surface area (Å²) in [5.41, 5.74) is 1.08. The van der Waals surface area contributed by atoms with Gasteiger partial charge in [-0.25, -0.2) is 4.98 Å². The van der Waals surface area contributed by atoms with Gasteiger partial charge in [-0.15, -0.1) is 0 Å². The van der Waals surface area contributed by atoms with Crippen LogP contribution in [-0.2, 0) is 0 Å². The van der Waals surface area contributed by atoms with Crippen LogP contribution in [0.25, 0.3) is 0 Å². The number of thioether (sulfide) groups is 1. The first kappa shape index (κ1) is 9.84. The van der Waals surface area contributed by atoms with Gasteiger partial charge >= 0.3 is 0 Å². The van der Waals surface area contributed by atoms with Crippen LogP contribution in [0, 0.1) is 6.92 Å². The molecule has 0 saturated carbocycles. The molecule has 0 aliphatic carbocycles. The van der Waals surface area contributed by atoms with Crippen molar-refractivity contribution in [1.29, 1.82) is 0 Å². The Kier molecular flexibility index (Phi) is 3.30. The summed E-state index contributed by atoms with van der Waals surface area (Å²) in [4.78, 5) is 4.45. The Morgan fingerprint density at radius 2 is 2.14 bits per heavy atom. The highest BCUT2D eigenvalue weighted by Gasteiger charge is 2.13. The van der Waals surface area contributed by atoms with E-state index >= 15 is 0 Å². The van der Waals surface area contributed by atoms with Crippen molar-refractivity contribution in [3.8, 4) is 0 Å². The third-order valence-electron chi connectivity index (χ3n) is 2.46. The number of rotatable bonds is 2. The molecule has 2 nitrogen and oxygen atoms in total. The van der Waals surface area contributed by atoms with E-state index in [9.17, 15) is 0 Å². The molecule has 0 aromatic carbocycles. The molecule has 0 amide bonds. The summed E-state index contributed by atoms with van der Waals surface area (Å²) < 4.78 is 0. The maximum Gasteiger partial charge on any atom is 0.126 e. The molecule has 76 valence electrons. The lowest BCUT2D eigenvalue weighted by Gasteiger charge is -2.23. The molecule has 0 bridgehead atoms. The highest BCUT2D eigenvalue weighted by atomic mass is 32.2. The van der Waals surface area contributed by atoms with Gasteiger partial charge in [-0.05, 0) is 43.4 Å². The van der Waals surface area contributed by atoms with E-state index in [0.717, 1.165) is 11.5 Å². The van der Waals surface area contributed by atoms with Crippen molar-refractivity contribution < 1.29 is 0 Å². The van der Waals surface area contributed by atoms with Gasteiger partial charge < -0.3 is 5.32 Å². The summed E-state index contributed by atoms with van der Waals surface area (Å²) in [5.74, 6) is 3.59. The number of hydrogen-bond acceptors (Lipinski definition) is 3. The lowest BCUT2D eigenvalue weighted by molar-refractivity contribution is 0.663. The van der Waals surface area contributed by atoms with Crippen LogP contribution in [-0.4, -0.2) is 22.5 Å². The van der Waals surface area contributed by atoms with E-state index in [1.165, 1.54) is 24.3 Å². The molecule has 1 N–H and O–H groups in total. The van der Waals surface area contributed by atoms with Gasteiger partial charge in [0.25, 0.3) is 0 Å². The van der Waals surface area contributed by atoms with Gasteiger partial charge in [0.05, 0.1) is 0 Å². The first-order chi connectivity index (χ1) is 6.84. The van der Waals surface area contributed by atoms with Crippen molar-refractivity contribution in [2.45, 2.75) is 25.8 Å². The van der Waals surface area contributed by atoms with Crippen molar-refractivity contribution >= 4 is 17.6 Å². The first-order valence-corrected chi connectivity index (χ1v) is 6.28. The molecular weight excluding hydrogens is 192 g/mol. The van der Waals surface area contributed by atoms with Crippen LogP contribution in [0.2, 0.25) is 0 Å². The summed E-state index contributed by atoms with van der Waals surface area (Å²) in [6.45, 7) is 2.03. The van der Waals surface area contributed by atoms with Gasteiger partial charge in [0.1, 0.15) is 5.82 Å². The predicted octanol–water partition coefficient (Wildman–Crippen LogP) is 2.70. The average Bonchev–Trinajstić information content (AvgIpc) is 2.19. The average molecular weight is 208 g/mol. The van der Waals surface area contributed by atoms with E-state index in [4.69, 9.17) is 0 Å². The highest BCUT2D eigenvalue weighted by molar-refractivity contribution is 7.99. The largest absolute Gasteiger partial charge is 0.367 e. The van der Waals surface area contributed by atoms with Crippen LogP contribution in [0.15, 0.2) is 18.2 Å². The Balaban J connectivity index is 1.95. The number of nitrogens with one attached hydrogen (secondary N) is 1. The van der Waals surface area contributed by atoms with Gasteiger partial charge in [-0.3, -0.25) is 0 Å². The fraction of sp³-hybridized carbons (Fsp3) is 0.545. The second-order valence-corrected chi connectivity index (χ2v) is 4.92. The van der Waals surface area contributed by atoms with E-state index in [0.29, 0.717) is 6.04 Å². The SMILES string of the molecule is Cc1cccc(NC2CCSCC2)n1. The number of anilines is 1. The van der Waals surface area contributed by atoms with E-state index in [1.807, 2.05) is 13.0 Å². The molecule has 1 saturated heterocycles. The van der Waals surface area contributed by atoms with E-state index < -0.39 is 0 Å². The molecule has 14 heavy (non-hydrogen) atoms. The van der Waals surface area contributed by atoms with Crippen molar-refractivity contribution in [2.75, 3.05) is 16.8 Å².